The van der Waals surface area contributed by atoms with Crippen molar-refractivity contribution in [2.75, 3.05) is 0 Å². The maximum atomic E-state index is 11.6. The quantitative estimate of drug-likeness (QED) is 0.856. The topological polar surface area (TPSA) is 77.4 Å². The monoisotopic (exact) mass is 236 g/mol. The number of furan rings is 1. The largest absolute Gasteiger partial charge is 0.475 e. The minimum atomic E-state index is -1.10. The van der Waals surface area contributed by atoms with Gasteiger partial charge in [0.2, 0.25) is 5.76 Å². The number of hydrogen-bond donors (Lipinski definition) is 1. The summed E-state index contributed by atoms with van der Waals surface area (Å²) in [6.45, 7) is 1.89. The highest BCUT2D eigenvalue weighted by Gasteiger charge is 2.14. The van der Waals surface area contributed by atoms with E-state index in [1.54, 1.807) is 32.4 Å². The fraction of sp³-hybridized carbons (Fsp3) is 0.273. The van der Waals surface area contributed by atoms with E-state index < -0.39 is 5.97 Å². The fourth-order valence-corrected chi connectivity index (χ4v) is 1.64. The average molecular weight is 236 g/mol. The molecule has 0 aliphatic carbocycles. The zero-order valence-electron chi connectivity index (χ0n) is 9.51. The molecular formula is C11H12N2O4. The Labute approximate surface area is 96.7 Å². The zero-order valence-corrected chi connectivity index (χ0v) is 9.51. The van der Waals surface area contributed by atoms with Crippen LogP contribution in [0.4, 0.5) is 0 Å². The van der Waals surface area contributed by atoms with Crippen LogP contribution in [0.3, 0.4) is 0 Å². The third kappa shape index (κ3) is 2.01. The Balaban J connectivity index is 2.31. The number of aromatic carboxylic acids is 1. The molecule has 0 fully saturated rings. The van der Waals surface area contributed by atoms with E-state index in [1.165, 1.54) is 9.13 Å². The van der Waals surface area contributed by atoms with Gasteiger partial charge in [0.25, 0.3) is 0 Å². The highest BCUT2D eigenvalue weighted by molar-refractivity contribution is 5.86. The second kappa shape index (κ2) is 3.97. The number of hydrogen-bond acceptors (Lipinski definition) is 3. The normalized spacial score (nSPS) is 10.7. The summed E-state index contributed by atoms with van der Waals surface area (Å²) in [5.74, 6) is -0.730. The lowest BCUT2D eigenvalue weighted by Gasteiger charge is -1.96. The molecule has 0 saturated carbocycles. The van der Waals surface area contributed by atoms with E-state index in [0.29, 0.717) is 11.3 Å². The van der Waals surface area contributed by atoms with Crippen molar-refractivity contribution >= 4 is 5.97 Å². The molecule has 0 amide bonds. The standard InChI is InChI=1S/C11H12N2O4/c1-7-5-8(17-9(7)10(14)15)6-13-4-3-12(2)11(13)16/h3-5H,6H2,1-2H3,(H,14,15). The molecule has 0 aliphatic heterocycles. The summed E-state index contributed by atoms with van der Waals surface area (Å²) in [6, 6.07) is 1.63. The number of carboxylic acid groups (broad SMARTS) is 1. The maximum Gasteiger partial charge on any atom is 0.372 e. The number of rotatable bonds is 3. The molecule has 17 heavy (non-hydrogen) atoms. The predicted molar refractivity (Wildman–Crippen MR) is 59.2 cm³/mol. The highest BCUT2D eigenvalue weighted by atomic mass is 16.4. The van der Waals surface area contributed by atoms with Gasteiger partial charge in [0.05, 0.1) is 6.54 Å². The molecule has 6 nitrogen and oxygen atoms in total. The number of carboxylic acids is 1. The number of imidazole rings is 1. The van der Waals surface area contributed by atoms with Gasteiger partial charge in [-0.3, -0.25) is 4.57 Å². The van der Waals surface area contributed by atoms with Crippen LogP contribution in [0.2, 0.25) is 0 Å². The molecule has 2 heterocycles. The van der Waals surface area contributed by atoms with Crippen LogP contribution in [0.15, 0.2) is 27.7 Å². The molecule has 1 N–H and O–H groups in total. The molecule has 0 atom stereocenters. The Morgan fingerprint density at radius 2 is 2.18 bits per heavy atom. The number of nitrogens with zero attached hydrogens (tertiary/aromatic N) is 2. The first kappa shape index (κ1) is 11.3. The van der Waals surface area contributed by atoms with Crippen molar-refractivity contribution in [1.82, 2.24) is 9.13 Å². The van der Waals surface area contributed by atoms with Crippen LogP contribution in [0.25, 0.3) is 0 Å². The van der Waals surface area contributed by atoms with Crippen LogP contribution in [0.1, 0.15) is 21.9 Å². The van der Waals surface area contributed by atoms with E-state index in [2.05, 4.69) is 0 Å². The van der Waals surface area contributed by atoms with Gasteiger partial charge in [0, 0.05) is 25.0 Å². The van der Waals surface area contributed by atoms with Crippen molar-refractivity contribution < 1.29 is 14.3 Å². The average Bonchev–Trinajstić information content (AvgIpc) is 2.76. The molecule has 0 spiro atoms. The maximum absolute atomic E-state index is 11.6. The first-order valence-electron chi connectivity index (χ1n) is 5.03. The molecule has 6 heteroatoms. The smallest absolute Gasteiger partial charge is 0.372 e. The summed E-state index contributed by atoms with van der Waals surface area (Å²) in [6.07, 6.45) is 3.26. The lowest BCUT2D eigenvalue weighted by atomic mass is 10.2. The number of aromatic nitrogens is 2. The third-order valence-electron chi connectivity index (χ3n) is 2.51. The molecule has 0 unspecified atom stereocenters. The van der Waals surface area contributed by atoms with Gasteiger partial charge in [-0.05, 0) is 13.0 Å². The van der Waals surface area contributed by atoms with Crippen LogP contribution in [0.5, 0.6) is 0 Å². The minimum Gasteiger partial charge on any atom is -0.475 e. The molecule has 0 aliphatic rings. The summed E-state index contributed by atoms with van der Waals surface area (Å²) in [7, 11) is 1.65. The second-order valence-electron chi connectivity index (χ2n) is 3.85. The van der Waals surface area contributed by atoms with Gasteiger partial charge in [-0.25, -0.2) is 9.59 Å². The Bertz CT molecular complexity index is 618. The van der Waals surface area contributed by atoms with Gasteiger partial charge in [-0.1, -0.05) is 0 Å². The first-order chi connectivity index (χ1) is 7.99. The van der Waals surface area contributed by atoms with Crippen molar-refractivity contribution in [3.8, 4) is 0 Å². The van der Waals surface area contributed by atoms with E-state index in [-0.39, 0.29) is 18.0 Å². The van der Waals surface area contributed by atoms with Gasteiger partial charge in [0.1, 0.15) is 5.76 Å². The molecule has 0 saturated heterocycles. The van der Waals surface area contributed by atoms with E-state index in [0.717, 1.165) is 0 Å². The molecule has 0 bridgehead atoms. The van der Waals surface area contributed by atoms with Gasteiger partial charge >= 0.3 is 11.7 Å². The van der Waals surface area contributed by atoms with Crippen molar-refractivity contribution in [3.63, 3.8) is 0 Å². The Hall–Kier alpha value is -2.24. The van der Waals surface area contributed by atoms with E-state index in [1.807, 2.05) is 0 Å². The molecule has 2 rings (SSSR count). The summed E-state index contributed by atoms with van der Waals surface area (Å²) in [5, 5.41) is 8.84. The van der Waals surface area contributed by atoms with Gasteiger partial charge in [0.15, 0.2) is 0 Å². The Kier molecular flexibility index (Phi) is 2.63. The van der Waals surface area contributed by atoms with E-state index in [4.69, 9.17) is 9.52 Å². The van der Waals surface area contributed by atoms with Crippen LogP contribution in [-0.4, -0.2) is 20.2 Å². The van der Waals surface area contributed by atoms with Crippen LogP contribution < -0.4 is 5.69 Å². The van der Waals surface area contributed by atoms with Gasteiger partial charge < -0.3 is 14.1 Å². The molecule has 90 valence electrons. The molecule has 0 aromatic carbocycles. The molecule has 2 aromatic rings. The van der Waals surface area contributed by atoms with Crippen molar-refractivity contribution in [2.24, 2.45) is 7.05 Å². The lowest BCUT2D eigenvalue weighted by Crippen LogP contribution is -2.22. The first-order valence-corrected chi connectivity index (χ1v) is 5.03. The second-order valence-corrected chi connectivity index (χ2v) is 3.85. The lowest BCUT2D eigenvalue weighted by molar-refractivity contribution is 0.0659. The van der Waals surface area contributed by atoms with Crippen molar-refractivity contribution in [1.29, 1.82) is 0 Å². The highest BCUT2D eigenvalue weighted by Crippen LogP contribution is 2.15. The SMILES string of the molecule is Cc1cc(Cn2ccn(C)c2=O)oc1C(=O)O. The summed E-state index contributed by atoms with van der Waals surface area (Å²) in [5.41, 5.74) is 0.382. The number of aryl methyl sites for hydroxylation is 2. The molecule has 2 aromatic heterocycles. The van der Waals surface area contributed by atoms with E-state index in [9.17, 15) is 9.59 Å². The summed E-state index contributed by atoms with van der Waals surface area (Å²) in [4.78, 5) is 22.4. The van der Waals surface area contributed by atoms with Gasteiger partial charge in [-0.15, -0.1) is 0 Å². The minimum absolute atomic E-state index is 0.0796. The predicted octanol–water partition coefficient (Wildman–Crippen LogP) is 0.835. The Morgan fingerprint density at radius 3 is 2.65 bits per heavy atom. The van der Waals surface area contributed by atoms with Gasteiger partial charge in [-0.2, -0.15) is 0 Å². The van der Waals surface area contributed by atoms with Crippen molar-refractivity contribution in [3.05, 3.63) is 46.0 Å². The number of carbonyl (C=O) groups is 1. The summed E-state index contributed by atoms with van der Waals surface area (Å²) < 4.78 is 8.06. The van der Waals surface area contributed by atoms with E-state index >= 15 is 0 Å². The van der Waals surface area contributed by atoms with Crippen LogP contribution in [0, 0.1) is 6.92 Å². The molecular weight excluding hydrogens is 224 g/mol. The molecule has 0 radical (unpaired) electrons. The zero-order chi connectivity index (χ0) is 12.6. The fourth-order valence-electron chi connectivity index (χ4n) is 1.64. The van der Waals surface area contributed by atoms with Crippen LogP contribution >= 0.6 is 0 Å². The van der Waals surface area contributed by atoms with Crippen LogP contribution in [-0.2, 0) is 13.6 Å². The Morgan fingerprint density at radius 1 is 1.47 bits per heavy atom. The van der Waals surface area contributed by atoms with Crippen molar-refractivity contribution in [2.45, 2.75) is 13.5 Å². The third-order valence-corrected chi connectivity index (χ3v) is 2.51. The summed E-state index contributed by atoms with van der Waals surface area (Å²) >= 11 is 0.